The lowest BCUT2D eigenvalue weighted by Gasteiger charge is -2.27. The minimum absolute atomic E-state index is 0.0692. The first kappa shape index (κ1) is 10.9. The lowest BCUT2D eigenvalue weighted by Crippen LogP contribution is -2.38. The molecule has 1 aliphatic heterocycles. The van der Waals surface area contributed by atoms with E-state index < -0.39 is 0 Å². The molecule has 0 spiro atoms. The third-order valence-corrected chi connectivity index (χ3v) is 3.30. The predicted octanol–water partition coefficient (Wildman–Crippen LogP) is 2.11. The summed E-state index contributed by atoms with van der Waals surface area (Å²) in [6.07, 6.45) is 0.926. The van der Waals surface area contributed by atoms with E-state index in [-0.39, 0.29) is 5.91 Å². The summed E-state index contributed by atoms with van der Waals surface area (Å²) < 4.78 is 6.26. The third-order valence-electron chi connectivity index (χ3n) is 2.36. The Morgan fingerprint density at radius 3 is 2.87 bits per heavy atom. The molecule has 0 radical (unpaired) electrons. The molecule has 15 heavy (non-hydrogen) atoms. The van der Waals surface area contributed by atoms with Crippen molar-refractivity contribution in [1.82, 2.24) is 4.90 Å². The lowest BCUT2D eigenvalue weighted by atomic mass is 10.2. The second kappa shape index (κ2) is 4.94. The fourth-order valence-electron chi connectivity index (χ4n) is 1.56. The van der Waals surface area contributed by atoms with Gasteiger partial charge in [0.1, 0.15) is 6.73 Å². The largest absolute Gasteiger partial charge is 0.361 e. The van der Waals surface area contributed by atoms with E-state index in [1.54, 1.807) is 4.90 Å². The van der Waals surface area contributed by atoms with Gasteiger partial charge in [0.15, 0.2) is 0 Å². The SMILES string of the molecule is O=C(c1ccccc1I)N1CCCOC1. The molecule has 0 atom stereocenters. The zero-order valence-corrected chi connectivity index (χ0v) is 10.4. The van der Waals surface area contributed by atoms with E-state index in [1.807, 2.05) is 24.3 Å². The summed E-state index contributed by atoms with van der Waals surface area (Å²) in [4.78, 5) is 13.8. The van der Waals surface area contributed by atoms with Gasteiger partial charge in [0.2, 0.25) is 0 Å². The molecule has 0 bridgehead atoms. The Bertz CT molecular complexity index is 361. The summed E-state index contributed by atoms with van der Waals surface area (Å²) in [5.41, 5.74) is 0.767. The van der Waals surface area contributed by atoms with Crippen LogP contribution in [0.5, 0.6) is 0 Å². The van der Waals surface area contributed by atoms with Crippen LogP contribution in [0.4, 0.5) is 0 Å². The molecule has 0 saturated carbocycles. The van der Waals surface area contributed by atoms with E-state index in [0.29, 0.717) is 6.73 Å². The van der Waals surface area contributed by atoms with Crippen LogP contribution < -0.4 is 0 Å². The van der Waals surface area contributed by atoms with Crippen LogP contribution in [0.1, 0.15) is 16.8 Å². The number of hydrogen-bond donors (Lipinski definition) is 0. The molecule has 1 saturated heterocycles. The molecule has 1 aromatic rings. The molecule has 2 rings (SSSR count). The van der Waals surface area contributed by atoms with E-state index in [1.165, 1.54) is 0 Å². The smallest absolute Gasteiger partial charge is 0.256 e. The molecule has 0 N–H and O–H groups in total. The zero-order chi connectivity index (χ0) is 10.7. The standard InChI is InChI=1S/C11H12INO2/c12-10-5-2-1-4-9(10)11(14)13-6-3-7-15-8-13/h1-2,4-5H,3,6-8H2. The van der Waals surface area contributed by atoms with Crippen LogP contribution in [0, 0.1) is 3.57 Å². The molecule has 3 nitrogen and oxygen atoms in total. The number of ether oxygens (including phenoxy) is 1. The number of hydrogen-bond acceptors (Lipinski definition) is 2. The van der Waals surface area contributed by atoms with Gasteiger partial charge in [0.05, 0.1) is 12.2 Å². The van der Waals surface area contributed by atoms with Crippen LogP contribution in [0.15, 0.2) is 24.3 Å². The minimum Gasteiger partial charge on any atom is -0.361 e. The van der Waals surface area contributed by atoms with E-state index in [9.17, 15) is 4.79 Å². The maximum Gasteiger partial charge on any atom is 0.256 e. The Balaban J connectivity index is 2.16. The maximum absolute atomic E-state index is 12.1. The van der Waals surface area contributed by atoms with Crippen molar-refractivity contribution >= 4 is 28.5 Å². The van der Waals surface area contributed by atoms with Crippen molar-refractivity contribution in [3.63, 3.8) is 0 Å². The van der Waals surface area contributed by atoms with Crippen molar-refractivity contribution in [2.75, 3.05) is 19.9 Å². The predicted molar refractivity (Wildman–Crippen MR) is 65.6 cm³/mol. The van der Waals surface area contributed by atoms with Gasteiger partial charge in [-0.25, -0.2) is 0 Å². The molecule has 1 aromatic carbocycles. The minimum atomic E-state index is 0.0692. The summed E-state index contributed by atoms with van der Waals surface area (Å²) in [6, 6.07) is 7.63. The highest BCUT2D eigenvalue weighted by atomic mass is 127. The first-order valence-corrected chi connectivity index (χ1v) is 5.98. The molecular formula is C11H12INO2. The maximum atomic E-state index is 12.1. The van der Waals surface area contributed by atoms with Crippen molar-refractivity contribution < 1.29 is 9.53 Å². The average molecular weight is 317 g/mol. The van der Waals surface area contributed by atoms with Gasteiger partial charge in [-0.3, -0.25) is 4.79 Å². The zero-order valence-electron chi connectivity index (χ0n) is 8.28. The molecule has 1 fully saturated rings. The van der Waals surface area contributed by atoms with Crippen LogP contribution in [-0.4, -0.2) is 30.7 Å². The highest BCUT2D eigenvalue weighted by molar-refractivity contribution is 14.1. The summed E-state index contributed by atoms with van der Waals surface area (Å²) >= 11 is 2.18. The molecule has 0 unspecified atom stereocenters. The highest BCUT2D eigenvalue weighted by Crippen LogP contribution is 2.15. The number of halogens is 1. The molecule has 4 heteroatoms. The van der Waals surface area contributed by atoms with Crippen LogP contribution in [0.3, 0.4) is 0 Å². The van der Waals surface area contributed by atoms with Crippen molar-refractivity contribution in [1.29, 1.82) is 0 Å². The second-order valence-electron chi connectivity index (χ2n) is 3.44. The van der Waals surface area contributed by atoms with Crippen LogP contribution >= 0.6 is 22.6 Å². The van der Waals surface area contributed by atoms with E-state index >= 15 is 0 Å². The molecule has 1 aliphatic rings. The third kappa shape index (κ3) is 2.49. The summed E-state index contributed by atoms with van der Waals surface area (Å²) in [5, 5.41) is 0. The van der Waals surface area contributed by atoms with Gasteiger partial charge in [0, 0.05) is 10.1 Å². The van der Waals surface area contributed by atoms with E-state index in [4.69, 9.17) is 4.74 Å². The van der Waals surface area contributed by atoms with Gasteiger partial charge in [0.25, 0.3) is 5.91 Å². The van der Waals surface area contributed by atoms with Gasteiger partial charge >= 0.3 is 0 Å². The molecule has 80 valence electrons. The Morgan fingerprint density at radius 2 is 2.20 bits per heavy atom. The van der Waals surface area contributed by atoms with Crippen LogP contribution in [0.2, 0.25) is 0 Å². The second-order valence-corrected chi connectivity index (χ2v) is 4.60. The number of benzene rings is 1. The monoisotopic (exact) mass is 317 g/mol. The van der Waals surface area contributed by atoms with Gasteiger partial charge in [-0.15, -0.1) is 0 Å². The molecule has 1 amide bonds. The molecule has 1 heterocycles. The van der Waals surface area contributed by atoms with Gasteiger partial charge < -0.3 is 9.64 Å². The van der Waals surface area contributed by atoms with Gasteiger partial charge in [-0.05, 0) is 41.1 Å². The lowest BCUT2D eigenvalue weighted by molar-refractivity contribution is -0.00577. The summed E-state index contributed by atoms with van der Waals surface area (Å²) in [7, 11) is 0. The fraction of sp³-hybridized carbons (Fsp3) is 0.364. The van der Waals surface area contributed by atoms with Crippen LogP contribution in [0.25, 0.3) is 0 Å². The van der Waals surface area contributed by atoms with E-state index in [2.05, 4.69) is 22.6 Å². The van der Waals surface area contributed by atoms with Gasteiger partial charge in [-0.2, -0.15) is 0 Å². The Labute approximate surface area is 103 Å². The Kier molecular flexibility index (Phi) is 3.58. The Morgan fingerprint density at radius 1 is 1.40 bits per heavy atom. The first-order valence-electron chi connectivity index (χ1n) is 4.90. The van der Waals surface area contributed by atoms with Crippen molar-refractivity contribution in [3.8, 4) is 0 Å². The first-order chi connectivity index (χ1) is 7.29. The highest BCUT2D eigenvalue weighted by Gasteiger charge is 2.19. The quantitative estimate of drug-likeness (QED) is 0.743. The van der Waals surface area contributed by atoms with Gasteiger partial charge in [-0.1, -0.05) is 12.1 Å². The Hall–Kier alpha value is -0.620. The average Bonchev–Trinajstić information content (AvgIpc) is 2.30. The molecule has 0 aliphatic carbocycles. The van der Waals surface area contributed by atoms with Crippen LogP contribution in [-0.2, 0) is 4.74 Å². The molecular weight excluding hydrogens is 305 g/mol. The summed E-state index contributed by atoms with van der Waals surface area (Å²) in [5.74, 6) is 0.0692. The fourth-order valence-corrected chi connectivity index (χ4v) is 2.18. The number of carbonyl (C=O) groups is 1. The number of amides is 1. The number of nitrogens with zero attached hydrogens (tertiary/aromatic N) is 1. The van der Waals surface area contributed by atoms with Crippen molar-refractivity contribution in [2.24, 2.45) is 0 Å². The molecule has 0 aromatic heterocycles. The summed E-state index contributed by atoms with van der Waals surface area (Å²) in [6.45, 7) is 1.98. The normalized spacial score (nSPS) is 16.5. The van der Waals surface area contributed by atoms with Crippen molar-refractivity contribution in [2.45, 2.75) is 6.42 Å². The number of rotatable bonds is 1. The van der Waals surface area contributed by atoms with Crippen molar-refractivity contribution in [3.05, 3.63) is 33.4 Å². The topological polar surface area (TPSA) is 29.5 Å². The number of carbonyl (C=O) groups excluding carboxylic acids is 1. The van der Waals surface area contributed by atoms with E-state index in [0.717, 1.165) is 28.7 Å².